The average Bonchev–Trinajstić information content (AvgIpc) is 2.56. The van der Waals surface area contributed by atoms with E-state index in [2.05, 4.69) is 6.92 Å². The van der Waals surface area contributed by atoms with E-state index in [1.807, 2.05) is 30.3 Å². The average molecular weight is 308 g/mol. The highest BCUT2D eigenvalue weighted by atomic mass is 16.5. The van der Waals surface area contributed by atoms with Gasteiger partial charge in [0.2, 0.25) is 0 Å². The van der Waals surface area contributed by atoms with Crippen LogP contribution >= 0.6 is 0 Å². The highest BCUT2D eigenvalue weighted by Gasteiger charge is 2.10. The van der Waals surface area contributed by atoms with Crippen LogP contribution in [0.1, 0.15) is 58.3 Å². The van der Waals surface area contributed by atoms with Gasteiger partial charge in [-0.2, -0.15) is 0 Å². The van der Waals surface area contributed by atoms with Gasteiger partial charge in [-0.15, -0.1) is 0 Å². The summed E-state index contributed by atoms with van der Waals surface area (Å²) in [6.45, 7) is 3.26. The Morgan fingerprint density at radius 1 is 0.955 bits per heavy atom. The number of benzene rings is 1. The van der Waals surface area contributed by atoms with Crippen LogP contribution in [-0.4, -0.2) is 31.0 Å². The molecule has 1 aromatic carbocycles. The molecule has 1 N–H and O–H groups in total. The summed E-state index contributed by atoms with van der Waals surface area (Å²) >= 11 is 0. The molecule has 3 nitrogen and oxygen atoms in total. The fraction of sp³-hybridized carbons (Fsp3) is 0.684. The van der Waals surface area contributed by atoms with Gasteiger partial charge in [-0.1, -0.05) is 70.1 Å². The molecule has 1 aromatic rings. The van der Waals surface area contributed by atoms with E-state index in [0.717, 1.165) is 12.2 Å². The number of unbranched alkanes of at least 4 members (excludes halogenated alkanes) is 6. The van der Waals surface area contributed by atoms with E-state index in [4.69, 9.17) is 14.6 Å². The van der Waals surface area contributed by atoms with Crippen LogP contribution in [0.25, 0.3) is 0 Å². The Morgan fingerprint density at radius 3 is 2.32 bits per heavy atom. The highest BCUT2D eigenvalue weighted by Crippen LogP contribution is 2.14. The lowest BCUT2D eigenvalue weighted by molar-refractivity contribution is -0.00285. The molecular weight excluding hydrogens is 276 g/mol. The summed E-state index contributed by atoms with van der Waals surface area (Å²) in [6, 6.07) is 9.82. The van der Waals surface area contributed by atoms with E-state index in [9.17, 15) is 0 Å². The third kappa shape index (κ3) is 9.80. The third-order valence-corrected chi connectivity index (χ3v) is 3.75. The van der Waals surface area contributed by atoms with Gasteiger partial charge in [0, 0.05) is 0 Å². The molecule has 0 aliphatic heterocycles. The molecule has 0 aliphatic rings. The summed E-state index contributed by atoms with van der Waals surface area (Å²) in [5, 5.41) is 8.93. The van der Waals surface area contributed by atoms with Crippen LogP contribution in [0.4, 0.5) is 0 Å². The summed E-state index contributed by atoms with van der Waals surface area (Å²) in [5.41, 5.74) is 0. The van der Waals surface area contributed by atoms with E-state index < -0.39 is 0 Å². The quantitative estimate of drug-likeness (QED) is 0.511. The number of aliphatic hydroxyl groups is 1. The molecule has 0 saturated heterocycles. The fourth-order valence-electron chi connectivity index (χ4n) is 2.47. The van der Waals surface area contributed by atoms with Crippen LogP contribution in [-0.2, 0) is 4.74 Å². The summed E-state index contributed by atoms with van der Waals surface area (Å²) in [7, 11) is 0. The van der Waals surface area contributed by atoms with Crippen molar-refractivity contribution in [2.45, 2.75) is 64.4 Å². The molecule has 0 spiro atoms. The third-order valence-electron chi connectivity index (χ3n) is 3.75. The summed E-state index contributed by atoms with van der Waals surface area (Å²) in [6.07, 6.45) is 10.2. The van der Waals surface area contributed by atoms with E-state index in [-0.39, 0.29) is 12.7 Å². The lowest BCUT2D eigenvalue weighted by Gasteiger charge is -2.18. The van der Waals surface area contributed by atoms with E-state index >= 15 is 0 Å². The van der Waals surface area contributed by atoms with Gasteiger partial charge in [-0.05, 0) is 18.6 Å². The number of ether oxygens (including phenoxy) is 2. The minimum absolute atomic E-state index is 0.0683. The predicted molar refractivity (Wildman–Crippen MR) is 91.4 cm³/mol. The van der Waals surface area contributed by atoms with Crippen molar-refractivity contribution in [3.63, 3.8) is 0 Å². The molecule has 1 unspecified atom stereocenters. The molecule has 1 atom stereocenters. The number of hydrogen-bond acceptors (Lipinski definition) is 3. The number of hydrogen-bond donors (Lipinski definition) is 1. The zero-order valence-corrected chi connectivity index (χ0v) is 14.0. The maximum atomic E-state index is 8.93. The lowest BCUT2D eigenvalue weighted by Crippen LogP contribution is -2.23. The molecule has 0 heterocycles. The minimum Gasteiger partial charge on any atom is -0.491 e. The van der Waals surface area contributed by atoms with Gasteiger partial charge < -0.3 is 14.6 Å². The van der Waals surface area contributed by atoms with Crippen LogP contribution in [0.2, 0.25) is 0 Å². The van der Waals surface area contributed by atoms with Crippen molar-refractivity contribution >= 4 is 0 Å². The molecule has 0 bridgehead atoms. The topological polar surface area (TPSA) is 38.7 Å². The second kappa shape index (κ2) is 13.6. The van der Waals surface area contributed by atoms with Crippen molar-refractivity contribution in [3.05, 3.63) is 30.3 Å². The molecule has 3 heteroatoms. The summed E-state index contributed by atoms with van der Waals surface area (Å²) in [5.74, 6) is 0.875. The molecule has 0 radical (unpaired) electrons. The zero-order valence-electron chi connectivity index (χ0n) is 14.0. The highest BCUT2D eigenvalue weighted by molar-refractivity contribution is 5.20. The standard InChI is InChI=1S/C19H32O3/c1-2-3-4-5-6-7-9-14-19(21-16-15-20)17-22-18-12-10-8-11-13-18/h8,10-13,19-20H,2-7,9,14-17H2,1H3. The number of para-hydroxylation sites is 1. The van der Waals surface area contributed by atoms with Crippen molar-refractivity contribution in [3.8, 4) is 5.75 Å². The van der Waals surface area contributed by atoms with Gasteiger partial charge >= 0.3 is 0 Å². The van der Waals surface area contributed by atoms with Crippen LogP contribution in [0.3, 0.4) is 0 Å². The SMILES string of the molecule is CCCCCCCCCC(COc1ccccc1)OCCO. The summed E-state index contributed by atoms with van der Waals surface area (Å²) < 4.78 is 11.5. The van der Waals surface area contributed by atoms with E-state index in [0.29, 0.717) is 13.2 Å². The summed E-state index contributed by atoms with van der Waals surface area (Å²) in [4.78, 5) is 0. The molecular formula is C19H32O3. The molecule has 0 fully saturated rings. The molecule has 0 amide bonds. The fourth-order valence-corrected chi connectivity index (χ4v) is 2.47. The minimum atomic E-state index is 0.0683. The Bertz CT molecular complexity index is 340. The van der Waals surface area contributed by atoms with Gasteiger partial charge in [-0.25, -0.2) is 0 Å². The van der Waals surface area contributed by atoms with Crippen molar-refractivity contribution in [1.29, 1.82) is 0 Å². The van der Waals surface area contributed by atoms with E-state index in [1.165, 1.54) is 44.9 Å². The first-order valence-corrected chi connectivity index (χ1v) is 8.77. The smallest absolute Gasteiger partial charge is 0.119 e. The van der Waals surface area contributed by atoms with Crippen LogP contribution in [0.15, 0.2) is 30.3 Å². The van der Waals surface area contributed by atoms with Gasteiger partial charge in [0.25, 0.3) is 0 Å². The molecule has 126 valence electrons. The monoisotopic (exact) mass is 308 g/mol. The Morgan fingerprint density at radius 2 is 1.64 bits per heavy atom. The van der Waals surface area contributed by atoms with Crippen LogP contribution < -0.4 is 4.74 Å². The van der Waals surface area contributed by atoms with Crippen molar-refractivity contribution < 1.29 is 14.6 Å². The number of aliphatic hydroxyl groups excluding tert-OH is 1. The normalized spacial score (nSPS) is 12.3. The van der Waals surface area contributed by atoms with Crippen molar-refractivity contribution in [1.82, 2.24) is 0 Å². The van der Waals surface area contributed by atoms with E-state index in [1.54, 1.807) is 0 Å². The Labute approximate surface area is 135 Å². The van der Waals surface area contributed by atoms with Crippen LogP contribution in [0.5, 0.6) is 5.75 Å². The largest absolute Gasteiger partial charge is 0.491 e. The van der Waals surface area contributed by atoms with Crippen molar-refractivity contribution in [2.75, 3.05) is 19.8 Å². The van der Waals surface area contributed by atoms with Gasteiger partial charge in [0.05, 0.1) is 19.3 Å². The first-order valence-electron chi connectivity index (χ1n) is 8.77. The second-order valence-electron chi connectivity index (χ2n) is 5.75. The van der Waals surface area contributed by atoms with Gasteiger partial charge in [0.1, 0.15) is 12.4 Å². The first kappa shape index (κ1) is 19.0. The van der Waals surface area contributed by atoms with Gasteiger partial charge in [-0.3, -0.25) is 0 Å². The molecule has 0 aromatic heterocycles. The zero-order chi connectivity index (χ0) is 15.9. The number of rotatable bonds is 14. The van der Waals surface area contributed by atoms with Crippen molar-refractivity contribution in [2.24, 2.45) is 0 Å². The van der Waals surface area contributed by atoms with Gasteiger partial charge in [0.15, 0.2) is 0 Å². The lowest BCUT2D eigenvalue weighted by atomic mass is 10.1. The maximum absolute atomic E-state index is 8.93. The maximum Gasteiger partial charge on any atom is 0.119 e. The predicted octanol–water partition coefficient (Wildman–Crippen LogP) is 4.58. The van der Waals surface area contributed by atoms with Crippen LogP contribution in [0, 0.1) is 0 Å². The first-order chi connectivity index (χ1) is 10.9. The molecule has 0 aliphatic carbocycles. The Balaban J connectivity index is 2.16. The Hall–Kier alpha value is -1.06. The molecule has 1 rings (SSSR count). The Kier molecular flexibility index (Phi) is 11.7. The second-order valence-corrected chi connectivity index (χ2v) is 5.75. The molecule has 22 heavy (non-hydrogen) atoms. The molecule has 0 saturated carbocycles.